The number of nitrogens with two attached hydrogens (primary N) is 1. The molecule has 3 heteroatoms. The Bertz CT molecular complexity index is 425. The van der Waals surface area contributed by atoms with E-state index in [4.69, 9.17) is 10.5 Å². The van der Waals surface area contributed by atoms with Crippen molar-refractivity contribution in [3.05, 3.63) is 29.3 Å². The summed E-state index contributed by atoms with van der Waals surface area (Å²) in [6.07, 6.45) is 2.53. The smallest absolute Gasteiger partial charge is 0.121 e. The second kappa shape index (κ2) is 7.09. The first-order chi connectivity index (χ1) is 9.69. The molecule has 20 heavy (non-hydrogen) atoms. The second-order valence-corrected chi connectivity index (χ2v) is 5.84. The number of likely N-dealkylation sites (tertiary alicyclic amines) is 1. The summed E-state index contributed by atoms with van der Waals surface area (Å²) in [7, 11) is 1.73. The minimum atomic E-state index is 0.485. The third kappa shape index (κ3) is 3.33. The molecule has 0 spiro atoms. The molecule has 0 radical (unpaired) electrons. The van der Waals surface area contributed by atoms with Crippen molar-refractivity contribution < 1.29 is 4.74 Å². The van der Waals surface area contributed by atoms with Gasteiger partial charge in [-0.05, 0) is 75.0 Å². The lowest BCUT2D eigenvalue weighted by molar-refractivity contribution is 0.176. The van der Waals surface area contributed by atoms with Crippen molar-refractivity contribution in [1.29, 1.82) is 0 Å². The standard InChI is InChI=1S/C17H28N2O/c1-4-19-9-7-14(8-10-19)16(12-18)15-5-6-17(20-3)13(2)11-15/h5-6,11,14,16H,4,7-10,12,18H2,1-3H3. The number of benzene rings is 1. The fourth-order valence-electron chi connectivity index (χ4n) is 3.40. The Labute approximate surface area is 123 Å². The number of hydrogen-bond donors (Lipinski definition) is 1. The van der Waals surface area contributed by atoms with Gasteiger partial charge in [0.25, 0.3) is 0 Å². The molecule has 1 aromatic carbocycles. The van der Waals surface area contributed by atoms with E-state index in [0.717, 1.165) is 18.2 Å². The molecule has 1 saturated heterocycles. The monoisotopic (exact) mass is 276 g/mol. The van der Waals surface area contributed by atoms with Crippen LogP contribution in [0.1, 0.15) is 36.8 Å². The number of methoxy groups -OCH3 is 1. The van der Waals surface area contributed by atoms with Crippen molar-refractivity contribution in [3.63, 3.8) is 0 Å². The van der Waals surface area contributed by atoms with Gasteiger partial charge in [0.05, 0.1) is 7.11 Å². The normalized spacial score (nSPS) is 19.0. The quantitative estimate of drug-likeness (QED) is 0.898. The number of ether oxygens (including phenoxy) is 1. The molecule has 112 valence electrons. The molecule has 1 aliphatic heterocycles. The molecule has 0 aromatic heterocycles. The molecule has 0 amide bonds. The topological polar surface area (TPSA) is 38.5 Å². The van der Waals surface area contributed by atoms with Crippen LogP contribution in [0.2, 0.25) is 0 Å². The van der Waals surface area contributed by atoms with Crippen LogP contribution in [0.5, 0.6) is 5.75 Å². The van der Waals surface area contributed by atoms with Crippen molar-refractivity contribution in [1.82, 2.24) is 4.90 Å². The SMILES string of the molecule is CCN1CCC(C(CN)c2ccc(OC)c(C)c2)CC1. The van der Waals surface area contributed by atoms with Gasteiger partial charge in [-0.15, -0.1) is 0 Å². The summed E-state index contributed by atoms with van der Waals surface area (Å²) in [5.74, 6) is 2.17. The van der Waals surface area contributed by atoms with E-state index in [-0.39, 0.29) is 0 Å². The molecule has 0 saturated carbocycles. The third-order valence-corrected chi connectivity index (χ3v) is 4.75. The number of piperidine rings is 1. The molecule has 1 fully saturated rings. The minimum absolute atomic E-state index is 0.485. The zero-order valence-electron chi connectivity index (χ0n) is 13.1. The predicted octanol–water partition coefficient (Wildman–Crippen LogP) is 2.78. The highest BCUT2D eigenvalue weighted by Crippen LogP contribution is 2.33. The van der Waals surface area contributed by atoms with Gasteiger partial charge in [-0.25, -0.2) is 0 Å². The average molecular weight is 276 g/mol. The second-order valence-electron chi connectivity index (χ2n) is 5.84. The number of rotatable bonds is 5. The van der Waals surface area contributed by atoms with Crippen LogP contribution in [0.15, 0.2) is 18.2 Å². The summed E-state index contributed by atoms with van der Waals surface area (Å²) in [5.41, 5.74) is 8.66. The third-order valence-electron chi connectivity index (χ3n) is 4.75. The Morgan fingerprint density at radius 3 is 2.55 bits per heavy atom. The molecule has 1 unspecified atom stereocenters. The van der Waals surface area contributed by atoms with Crippen molar-refractivity contribution in [2.45, 2.75) is 32.6 Å². The first-order valence-corrected chi connectivity index (χ1v) is 7.76. The van der Waals surface area contributed by atoms with Crippen LogP contribution in [0.4, 0.5) is 0 Å². The van der Waals surface area contributed by atoms with Gasteiger partial charge in [0.1, 0.15) is 5.75 Å². The summed E-state index contributed by atoms with van der Waals surface area (Å²) in [6, 6.07) is 6.52. The van der Waals surface area contributed by atoms with Gasteiger partial charge in [0.2, 0.25) is 0 Å². The molecular formula is C17H28N2O. The van der Waals surface area contributed by atoms with Crippen molar-refractivity contribution in [3.8, 4) is 5.75 Å². The van der Waals surface area contributed by atoms with Crippen LogP contribution in [0, 0.1) is 12.8 Å². The van der Waals surface area contributed by atoms with Crippen LogP contribution in [0.25, 0.3) is 0 Å². The molecule has 1 aromatic rings. The Morgan fingerprint density at radius 1 is 1.35 bits per heavy atom. The van der Waals surface area contributed by atoms with Gasteiger partial charge < -0.3 is 15.4 Å². The zero-order chi connectivity index (χ0) is 14.5. The summed E-state index contributed by atoms with van der Waals surface area (Å²) >= 11 is 0. The number of nitrogens with zero attached hydrogens (tertiary/aromatic N) is 1. The largest absolute Gasteiger partial charge is 0.496 e. The Balaban J connectivity index is 2.10. The minimum Gasteiger partial charge on any atom is -0.496 e. The molecule has 3 nitrogen and oxygen atoms in total. The number of aryl methyl sites for hydroxylation is 1. The van der Waals surface area contributed by atoms with Gasteiger partial charge in [-0.2, -0.15) is 0 Å². The van der Waals surface area contributed by atoms with Gasteiger partial charge in [0.15, 0.2) is 0 Å². The van der Waals surface area contributed by atoms with E-state index in [1.165, 1.54) is 43.6 Å². The Hall–Kier alpha value is -1.06. The fourth-order valence-corrected chi connectivity index (χ4v) is 3.40. The molecule has 1 atom stereocenters. The molecule has 2 N–H and O–H groups in total. The van der Waals surface area contributed by atoms with Crippen LogP contribution in [-0.4, -0.2) is 38.2 Å². The zero-order valence-corrected chi connectivity index (χ0v) is 13.1. The van der Waals surface area contributed by atoms with E-state index in [1.807, 2.05) is 0 Å². The summed E-state index contributed by atoms with van der Waals surface area (Å²) in [6.45, 7) is 8.69. The molecule has 1 heterocycles. The van der Waals surface area contributed by atoms with Crippen LogP contribution in [0.3, 0.4) is 0 Å². The van der Waals surface area contributed by atoms with Crippen LogP contribution < -0.4 is 10.5 Å². The fraction of sp³-hybridized carbons (Fsp3) is 0.647. The van der Waals surface area contributed by atoms with E-state index >= 15 is 0 Å². The van der Waals surface area contributed by atoms with Gasteiger partial charge in [-0.1, -0.05) is 19.1 Å². The molecule has 0 bridgehead atoms. The highest BCUT2D eigenvalue weighted by Gasteiger charge is 2.26. The Morgan fingerprint density at radius 2 is 2.05 bits per heavy atom. The predicted molar refractivity (Wildman–Crippen MR) is 84.4 cm³/mol. The van der Waals surface area contributed by atoms with Crippen molar-refractivity contribution in [2.24, 2.45) is 11.7 Å². The van der Waals surface area contributed by atoms with E-state index < -0.39 is 0 Å². The molecular weight excluding hydrogens is 248 g/mol. The van der Waals surface area contributed by atoms with Gasteiger partial charge in [0, 0.05) is 0 Å². The Kier molecular flexibility index (Phi) is 5.44. The van der Waals surface area contributed by atoms with Gasteiger partial charge in [-0.3, -0.25) is 0 Å². The van der Waals surface area contributed by atoms with Crippen molar-refractivity contribution >= 4 is 0 Å². The highest BCUT2D eigenvalue weighted by molar-refractivity contribution is 5.38. The molecule has 1 aliphatic rings. The highest BCUT2D eigenvalue weighted by atomic mass is 16.5. The lowest BCUT2D eigenvalue weighted by atomic mass is 9.79. The lowest BCUT2D eigenvalue weighted by Gasteiger charge is -2.35. The summed E-state index contributed by atoms with van der Waals surface area (Å²) in [4.78, 5) is 2.53. The summed E-state index contributed by atoms with van der Waals surface area (Å²) in [5, 5.41) is 0. The van der Waals surface area contributed by atoms with Crippen molar-refractivity contribution in [2.75, 3.05) is 33.3 Å². The molecule has 0 aliphatic carbocycles. The van der Waals surface area contributed by atoms with E-state index in [9.17, 15) is 0 Å². The maximum absolute atomic E-state index is 6.08. The number of hydrogen-bond acceptors (Lipinski definition) is 3. The van der Waals surface area contributed by atoms with E-state index in [1.54, 1.807) is 7.11 Å². The maximum Gasteiger partial charge on any atom is 0.121 e. The first kappa shape index (κ1) is 15.3. The van der Waals surface area contributed by atoms with E-state index in [2.05, 4.69) is 36.9 Å². The average Bonchev–Trinajstić information content (AvgIpc) is 2.49. The maximum atomic E-state index is 6.08. The molecule has 2 rings (SSSR count). The van der Waals surface area contributed by atoms with Gasteiger partial charge >= 0.3 is 0 Å². The first-order valence-electron chi connectivity index (χ1n) is 7.76. The van der Waals surface area contributed by atoms with E-state index in [0.29, 0.717) is 5.92 Å². The lowest BCUT2D eigenvalue weighted by Crippen LogP contribution is -2.36. The summed E-state index contributed by atoms with van der Waals surface area (Å²) < 4.78 is 5.35. The van der Waals surface area contributed by atoms with Crippen LogP contribution >= 0.6 is 0 Å². The van der Waals surface area contributed by atoms with Crippen LogP contribution in [-0.2, 0) is 0 Å².